The summed E-state index contributed by atoms with van der Waals surface area (Å²) in [6.07, 6.45) is 2.84. The molecule has 2 aromatic carbocycles. The zero-order valence-corrected chi connectivity index (χ0v) is 22.0. The van der Waals surface area contributed by atoms with E-state index in [2.05, 4.69) is 5.32 Å². The van der Waals surface area contributed by atoms with Crippen LogP contribution in [0.5, 0.6) is 0 Å². The van der Waals surface area contributed by atoms with Crippen molar-refractivity contribution in [1.29, 1.82) is 0 Å². The van der Waals surface area contributed by atoms with Crippen LogP contribution in [0.2, 0.25) is 5.02 Å². The summed E-state index contributed by atoms with van der Waals surface area (Å²) in [4.78, 5) is 27.8. The van der Waals surface area contributed by atoms with Crippen molar-refractivity contribution >= 4 is 39.1 Å². The lowest BCUT2D eigenvalue weighted by Gasteiger charge is -2.32. The van der Waals surface area contributed by atoms with E-state index in [9.17, 15) is 18.0 Å². The number of anilines is 1. The number of hydrogen-bond acceptors (Lipinski definition) is 4. The minimum absolute atomic E-state index is 0.142. The molecule has 1 N–H and O–H groups in total. The summed E-state index contributed by atoms with van der Waals surface area (Å²) in [6, 6.07) is 11.6. The first kappa shape index (κ1) is 27.7. The van der Waals surface area contributed by atoms with Gasteiger partial charge in [-0.1, -0.05) is 55.3 Å². The van der Waals surface area contributed by atoms with Gasteiger partial charge in [-0.3, -0.25) is 13.9 Å². The number of aryl methyl sites for hydroxylation is 2. The molecule has 2 amide bonds. The molecule has 0 radical (unpaired) electrons. The van der Waals surface area contributed by atoms with Crippen LogP contribution >= 0.6 is 11.6 Å². The first-order valence-electron chi connectivity index (χ1n) is 11.3. The average molecular weight is 508 g/mol. The number of benzene rings is 2. The van der Waals surface area contributed by atoms with Gasteiger partial charge in [0.05, 0.1) is 11.9 Å². The summed E-state index contributed by atoms with van der Waals surface area (Å²) >= 11 is 5.99. The molecule has 0 aliphatic rings. The Morgan fingerprint density at radius 3 is 2.18 bits per heavy atom. The number of rotatable bonds is 11. The Morgan fingerprint density at radius 1 is 1.06 bits per heavy atom. The minimum atomic E-state index is -3.77. The molecule has 0 aliphatic carbocycles. The summed E-state index contributed by atoms with van der Waals surface area (Å²) in [7, 11) is -3.77. The maximum atomic E-state index is 13.6. The summed E-state index contributed by atoms with van der Waals surface area (Å²) in [6.45, 7) is 7.53. The van der Waals surface area contributed by atoms with E-state index in [1.54, 1.807) is 57.2 Å². The lowest BCUT2D eigenvalue weighted by molar-refractivity contribution is -0.139. The van der Waals surface area contributed by atoms with Crippen molar-refractivity contribution in [2.24, 2.45) is 0 Å². The number of carbonyl (C=O) groups excluding carboxylic acids is 2. The molecular weight excluding hydrogens is 474 g/mol. The molecule has 186 valence electrons. The van der Waals surface area contributed by atoms with Gasteiger partial charge in [-0.05, 0) is 56.0 Å². The molecule has 0 aliphatic heterocycles. The SMILES string of the molecule is CCCCNC(=O)[C@H](C)N(Cc1ccc(Cl)cc1)C(=O)CN(c1c(C)cccc1C)S(C)(=O)=O. The maximum Gasteiger partial charge on any atom is 0.244 e. The van der Waals surface area contributed by atoms with Gasteiger partial charge < -0.3 is 10.2 Å². The van der Waals surface area contributed by atoms with E-state index >= 15 is 0 Å². The summed E-state index contributed by atoms with van der Waals surface area (Å²) in [5, 5.41) is 3.42. The molecule has 2 rings (SSSR count). The lowest BCUT2D eigenvalue weighted by atomic mass is 10.1. The van der Waals surface area contributed by atoms with E-state index in [4.69, 9.17) is 11.6 Å². The standard InChI is InChI=1S/C25H34ClN3O4S/c1-6-7-15-27-25(31)20(4)28(16-21-11-13-22(26)14-12-21)23(30)17-29(34(5,32)33)24-18(2)9-8-10-19(24)3/h8-14,20H,6-7,15-17H2,1-5H3,(H,27,31)/t20-/m0/s1. The molecule has 0 heterocycles. The minimum Gasteiger partial charge on any atom is -0.354 e. The van der Waals surface area contributed by atoms with E-state index in [1.165, 1.54) is 4.90 Å². The van der Waals surface area contributed by atoms with Crippen LogP contribution in [0.3, 0.4) is 0 Å². The highest BCUT2D eigenvalue weighted by Gasteiger charge is 2.31. The van der Waals surface area contributed by atoms with Gasteiger partial charge in [0.1, 0.15) is 12.6 Å². The highest BCUT2D eigenvalue weighted by Crippen LogP contribution is 2.27. The van der Waals surface area contributed by atoms with Crippen LogP contribution in [0.1, 0.15) is 43.4 Å². The summed E-state index contributed by atoms with van der Waals surface area (Å²) in [5.74, 6) is -0.755. The third-order valence-electron chi connectivity index (χ3n) is 5.63. The quantitative estimate of drug-likeness (QED) is 0.465. The fourth-order valence-corrected chi connectivity index (χ4v) is 4.77. The molecule has 0 spiro atoms. The fraction of sp³-hybridized carbons (Fsp3) is 0.440. The smallest absolute Gasteiger partial charge is 0.244 e. The molecule has 0 saturated carbocycles. The van der Waals surface area contributed by atoms with Gasteiger partial charge in [0.2, 0.25) is 21.8 Å². The van der Waals surface area contributed by atoms with Gasteiger partial charge in [0, 0.05) is 18.1 Å². The van der Waals surface area contributed by atoms with Crippen molar-refractivity contribution in [3.05, 3.63) is 64.2 Å². The highest BCUT2D eigenvalue weighted by atomic mass is 35.5. The zero-order chi connectivity index (χ0) is 25.5. The largest absolute Gasteiger partial charge is 0.354 e. The van der Waals surface area contributed by atoms with Gasteiger partial charge in [-0.25, -0.2) is 8.42 Å². The van der Waals surface area contributed by atoms with Crippen LogP contribution in [0.15, 0.2) is 42.5 Å². The van der Waals surface area contributed by atoms with Crippen molar-refractivity contribution in [2.45, 2.75) is 53.1 Å². The van der Waals surface area contributed by atoms with E-state index < -0.39 is 28.5 Å². The number of hydrogen-bond donors (Lipinski definition) is 1. The Kier molecular flexibility index (Phi) is 9.94. The Bertz CT molecular complexity index is 1080. The van der Waals surface area contributed by atoms with Crippen molar-refractivity contribution in [3.63, 3.8) is 0 Å². The van der Waals surface area contributed by atoms with Crippen molar-refractivity contribution in [2.75, 3.05) is 23.7 Å². The Balaban J connectivity index is 2.39. The van der Waals surface area contributed by atoms with Crippen molar-refractivity contribution in [3.8, 4) is 0 Å². The van der Waals surface area contributed by atoms with Crippen LogP contribution in [0, 0.1) is 13.8 Å². The second-order valence-corrected chi connectivity index (χ2v) is 10.8. The van der Waals surface area contributed by atoms with Gasteiger partial charge in [0.15, 0.2) is 0 Å². The monoisotopic (exact) mass is 507 g/mol. The Morgan fingerprint density at radius 2 is 1.65 bits per heavy atom. The zero-order valence-electron chi connectivity index (χ0n) is 20.5. The number of amides is 2. The van der Waals surface area contributed by atoms with Crippen molar-refractivity contribution in [1.82, 2.24) is 10.2 Å². The molecule has 0 saturated heterocycles. The predicted molar refractivity (Wildman–Crippen MR) is 137 cm³/mol. The third kappa shape index (κ3) is 7.46. The van der Waals surface area contributed by atoms with Crippen LogP contribution in [-0.2, 0) is 26.2 Å². The van der Waals surface area contributed by atoms with Crippen molar-refractivity contribution < 1.29 is 18.0 Å². The highest BCUT2D eigenvalue weighted by molar-refractivity contribution is 7.92. The van der Waals surface area contributed by atoms with Crippen LogP contribution in [-0.4, -0.2) is 50.5 Å². The second kappa shape index (κ2) is 12.2. The number of para-hydroxylation sites is 1. The van der Waals surface area contributed by atoms with Gasteiger partial charge in [0.25, 0.3) is 0 Å². The third-order valence-corrected chi connectivity index (χ3v) is 7.00. The molecule has 9 heteroatoms. The molecule has 1 atom stereocenters. The van der Waals surface area contributed by atoms with Gasteiger partial charge in [-0.2, -0.15) is 0 Å². The number of halogens is 1. The molecule has 7 nitrogen and oxygen atoms in total. The fourth-order valence-electron chi connectivity index (χ4n) is 3.68. The normalized spacial score (nSPS) is 12.2. The van der Waals surface area contributed by atoms with Crippen LogP contribution < -0.4 is 9.62 Å². The number of nitrogens with zero attached hydrogens (tertiary/aromatic N) is 2. The molecular formula is C25H34ClN3O4S. The predicted octanol–water partition coefficient (Wildman–Crippen LogP) is 4.06. The molecule has 34 heavy (non-hydrogen) atoms. The van der Waals surface area contributed by atoms with Gasteiger partial charge >= 0.3 is 0 Å². The number of nitrogens with one attached hydrogen (secondary N) is 1. The van der Waals surface area contributed by atoms with E-state index in [0.29, 0.717) is 17.3 Å². The lowest BCUT2D eigenvalue weighted by Crippen LogP contribution is -2.51. The number of unbranched alkanes of at least 4 members (excludes halogenated alkanes) is 1. The van der Waals surface area contributed by atoms with Crippen LogP contribution in [0.25, 0.3) is 0 Å². The molecule has 0 unspecified atom stereocenters. The Hall–Kier alpha value is -2.58. The number of carbonyl (C=O) groups is 2. The topological polar surface area (TPSA) is 86.8 Å². The van der Waals surface area contributed by atoms with Crippen LogP contribution in [0.4, 0.5) is 5.69 Å². The first-order valence-corrected chi connectivity index (χ1v) is 13.5. The Labute approximate surface area is 208 Å². The molecule has 0 aromatic heterocycles. The van der Waals surface area contributed by atoms with E-state index in [0.717, 1.165) is 40.1 Å². The summed E-state index contributed by atoms with van der Waals surface area (Å²) < 4.78 is 26.6. The van der Waals surface area contributed by atoms with E-state index in [1.807, 2.05) is 13.0 Å². The molecule has 2 aromatic rings. The molecule has 0 bridgehead atoms. The van der Waals surface area contributed by atoms with E-state index in [-0.39, 0.29) is 12.5 Å². The summed E-state index contributed by atoms with van der Waals surface area (Å²) in [5.41, 5.74) is 2.74. The maximum absolute atomic E-state index is 13.6. The number of sulfonamides is 1. The van der Waals surface area contributed by atoms with Gasteiger partial charge in [-0.15, -0.1) is 0 Å². The second-order valence-electron chi connectivity index (χ2n) is 8.48. The molecule has 0 fully saturated rings. The average Bonchev–Trinajstić information content (AvgIpc) is 2.76. The first-order chi connectivity index (χ1) is 16.0.